The van der Waals surface area contributed by atoms with Crippen molar-refractivity contribution in [3.05, 3.63) is 27.9 Å². The van der Waals surface area contributed by atoms with E-state index < -0.39 is 4.92 Å². The van der Waals surface area contributed by atoms with Gasteiger partial charge in [0.2, 0.25) is 5.82 Å². The van der Waals surface area contributed by atoms with Crippen molar-refractivity contribution in [2.75, 3.05) is 18.0 Å². The van der Waals surface area contributed by atoms with E-state index in [0.717, 1.165) is 0 Å². The lowest BCUT2D eigenvalue weighted by molar-refractivity contribution is -0.384. The minimum Gasteiger partial charge on any atom is -0.351 e. The maximum atomic E-state index is 11.3. The molecule has 0 atom stereocenters. The summed E-state index contributed by atoms with van der Waals surface area (Å²) in [4.78, 5) is 27.7. The highest BCUT2D eigenvalue weighted by Gasteiger charge is 2.29. The molecule has 7 nitrogen and oxygen atoms in total. The zero-order valence-electron chi connectivity index (χ0n) is 11.1. The Labute approximate surface area is 116 Å². The zero-order valence-corrected chi connectivity index (χ0v) is 11.1. The van der Waals surface area contributed by atoms with Gasteiger partial charge in [0.15, 0.2) is 0 Å². The Morgan fingerprint density at radius 1 is 1.55 bits per heavy atom. The summed E-state index contributed by atoms with van der Waals surface area (Å²) in [6.45, 7) is 2.64. The van der Waals surface area contributed by atoms with Gasteiger partial charge in [-0.3, -0.25) is 14.9 Å². The largest absolute Gasteiger partial charge is 0.351 e. The first kappa shape index (κ1) is 13.9. The van der Waals surface area contributed by atoms with E-state index in [1.165, 1.54) is 12.3 Å². The van der Waals surface area contributed by atoms with Crippen molar-refractivity contribution in [2.45, 2.75) is 19.8 Å². The van der Waals surface area contributed by atoms with Gasteiger partial charge < -0.3 is 4.90 Å². The van der Waals surface area contributed by atoms with Crippen LogP contribution in [0.25, 0.3) is 0 Å². The van der Waals surface area contributed by atoms with Gasteiger partial charge in [0.25, 0.3) is 0 Å². The van der Waals surface area contributed by atoms with Gasteiger partial charge in [0.05, 0.1) is 4.92 Å². The number of nitriles is 1. The van der Waals surface area contributed by atoms with E-state index in [1.807, 2.05) is 6.07 Å². The molecule has 0 unspecified atom stereocenters. The molecule has 1 aromatic heterocycles. The second-order valence-corrected chi connectivity index (χ2v) is 4.77. The van der Waals surface area contributed by atoms with Gasteiger partial charge in [-0.25, -0.2) is 4.98 Å². The van der Waals surface area contributed by atoms with E-state index in [9.17, 15) is 14.9 Å². The molecule has 1 aliphatic heterocycles. The van der Waals surface area contributed by atoms with Crippen molar-refractivity contribution < 1.29 is 9.72 Å². The van der Waals surface area contributed by atoms with Crippen LogP contribution >= 0.6 is 0 Å². The van der Waals surface area contributed by atoms with Crippen molar-refractivity contribution in [1.29, 1.82) is 5.26 Å². The smallest absolute Gasteiger partial charge is 0.329 e. The van der Waals surface area contributed by atoms with Gasteiger partial charge in [0.1, 0.15) is 17.4 Å². The summed E-state index contributed by atoms with van der Waals surface area (Å²) < 4.78 is 0. The maximum Gasteiger partial charge on any atom is 0.329 e. The number of ketones is 1. The van der Waals surface area contributed by atoms with Gasteiger partial charge in [-0.1, -0.05) is 0 Å². The number of pyridine rings is 1. The number of hydrogen-bond donors (Lipinski definition) is 0. The van der Waals surface area contributed by atoms with Gasteiger partial charge in [-0.15, -0.1) is 0 Å². The highest BCUT2D eigenvalue weighted by molar-refractivity contribution is 5.78. The number of carbonyl (C=O) groups excluding carboxylic acids is 1. The highest BCUT2D eigenvalue weighted by Crippen LogP contribution is 2.31. The first-order valence-electron chi connectivity index (χ1n) is 6.33. The predicted molar refractivity (Wildman–Crippen MR) is 71.2 cm³/mol. The number of hydrogen-bond acceptors (Lipinski definition) is 6. The van der Waals surface area contributed by atoms with Crippen LogP contribution in [0.4, 0.5) is 11.5 Å². The molecule has 104 valence electrons. The fourth-order valence-corrected chi connectivity index (χ4v) is 2.44. The second kappa shape index (κ2) is 5.65. The first-order chi connectivity index (χ1) is 9.54. The molecule has 20 heavy (non-hydrogen) atoms. The van der Waals surface area contributed by atoms with Gasteiger partial charge >= 0.3 is 5.69 Å². The molecule has 1 saturated heterocycles. The average Bonchev–Trinajstić information content (AvgIpc) is 2.46. The minimum atomic E-state index is -0.571. The summed E-state index contributed by atoms with van der Waals surface area (Å²) in [7, 11) is 0. The Hall–Kier alpha value is -2.49. The summed E-state index contributed by atoms with van der Waals surface area (Å²) in [6, 6.07) is 3.16. The molecular formula is C13H14N4O3. The van der Waals surface area contributed by atoms with E-state index in [4.69, 9.17) is 5.26 Å². The lowest BCUT2D eigenvalue weighted by atomic mass is 9.93. The van der Waals surface area contributed by atoms with Crippen LogP contribution in [0, 0.1) is 27.4 Å². The molecular weight excluding hydrogens is 260 g/mol. The van der Waals surface area contributed by atoms with Crippen LogP contribution in [0.5, 0.6) is 0 Å². The van der Waals surface area contributed by atoms with Gasteiger partial charge in [-0.05, 0) is 25.8 Å². The van der Waals surface area contributed by atoms with Crippen molar-refractivity contribution in [3.63, 3.8) is 0 Å². The van der Waals surface area contributed by atoms with Crippen LogP contribution in [-0.4, -0.2) is 28.8 Å². The molecule has 2 heterocycles. The average molecular weight is 274 g/mol. The molecule has 0 spiro atoms. The SMILES string of the molecule is CC(=O)C1CCN(c2nccc(C#N)c2[N+](=O)[O-])CC1. The van der Waals surface area contributed by atoms with E-state index in [2.05, 4.69) is 4.98 Å². The molecule has 0 N–H and O–H groups in total. The summed E-state index contributed by atoms with van der Waals surface area (Å²) in [5, 5.41) is 20.1. The quantitative estimate of drug-likeness (QED) is 0.614. The molecule has 0 radical (unpaired) electrons. The Kier molecular flexibility index (Phi) is 3.94. The lowest BCUT2D eigenvalue weighted by Crippen LogP contribution is -2.36. The second-order valence-electron chi connectivity index (χ2n) is 4.77. The molecule has 0 bridgehead atoms. The number of aromatic nitrogens is 1. The zero-order chi connectivity index (χ0) is 14.7. The molecule has 1 fully saturated rings. The number of rotatable bonds is 3. The van der Waals surface area contributed by atoms with Crippen LogP contribution in [0.15, 0.2) is 12.3 Å². The summed E-state index contributed by atoms with van der Waals surface area (Å²) in [5.74, 6) is 0.387. The predicted octanol–water partition coefficient (Wildman–Crippen LogP) is 1.67. The Bertz CT molecular complexity index is 586. The molecule has 0 aromatic carbocycles. The molecule has 1 aromatic rings. The van der Waals surface area contributed by atoms with Crippen LogP contribution in [0.1, 0.15) is 25.3 Å². The molecule has 2 rings (SSSR count). The third-order valence-electron chi connectivity index (χ3n) is 3.58. The maximum absolute atomic E-state index is 11.3. The fourth-order valence-electron chi connectivity index (χ4n) is 2.44. The Morgan fingerprint density at radius 3 is 2.70 bits per heavy atom. The molecule has 7 heteroatoms. The number of nitrogens with zero attached hydrogens (tertiary/aromatic N) is 4. The standard InChI is InChI=1S/C13H14N4O3/c1-9(18)10-3-6-16(7-4-10)13-12(17(19)20)11(8-14)2-5-15-13/h2,5,10H,3-4,6-7H2,1H3. The topological polar surface area (TPSA) is 100 Å². The van der Waals surface area contributed by atoms with E-state index in [0.29, 0.717) is 25.9 Å². The molecule has 0 amide bonds. The van der Waals surface area contributed by atoms with Crippen LogP contribution in [0.2, 0.25) is 0 Å². The number of piperidine rings is 1. The third-order valence-corrected chi connectivity index (χ3v) is 3.58. The normalized spacial score (nSPS) is 15.7. The molecule has 1 aliphatic rings. The lowest BCUT2D eigenvalue weighted by Gasteiger charge is -2.31. The monoisotopic (exact) mass is 274 g/mol. The molecule has 0 saturated carbocycles. The highest BCUT2D eigenvalue weighted by atomic mass is 16.6. The summed E-state index contributed by atoms with van der Waals surface area (Å²) in [5.41, 5.74) is -0.245. The van der Waals surface area contributed by atoms with Crippen LogP contribution < -0.4 is 4.90 Å². The van der Waals surface area contributed by atoms with E-state index in [-0.39, 0.29) is 28.8 Å². The van der Waals surface area contributed by atoms with E-state index in [1.54, 1.807) is 11.8 Å². The first-order valence-corrected chi connectivity index (χ1v) is 6.33. The fraction of sp³-hybridized carbons (Fsp3) is 0.462. The third kappa shape index (κ3) is 2.59. The van der Waals surface area contributed by atoms with Crippen LogP contribution in [-0.2, 0) is 4.79 Å². The van der Waals surface area contributed by atoms with E-state index >= 15 is 0 Å². The van der Waals surface area contributed by atoms with Crippen molar-refractivity contribution in [3.8, 4) is 6.07 Å². The number of Topliss-reactive ketones (excluding diaryl/α,β-unsaturated/α-hetero) is 1. The summed E-state index contributed by atoms with van der Waals surface area (Å²) >= 11 is 0. The number of nitro groups is 1. The Morgan fingerprint density at radius 2 is 2.20 bits per heavy atom. The van der Waals surface area contributed by atoms with Gasteiger partial charge in [0, 0.05) is 25.2 Å². The number of anilines is 1. The van der Waals surface area contributed by atoms with Crippen molar-refractivity contribution >= 4 is 17.3 Å². The minimum absolute atomic E-state index is 0.00805. The Balaban J connectivity index is 2.29. The van der Waals surface area contributed by atoms with Crippen molar-refractivity contribution in [1.82, 2.24) is 4.98 Å². The van der Waals surface area contributed by atoms with Crippen molar-refractivity contribution in [2.24, 2.45) is 5.92 Å². The molecule has 0 aliphatic carbocycles. The number of carbonyl (C=O) groups is 1. The van der Waals surface area contributed by atoms with Gasteiger partial charge in [-0.2, -0.15) is 5.26 Å². The van der Waals surface area contributed by atoms with Crippen LogP contribution in [0.3, 0.4) is 0 Å². The summed E-state index contributed by atoms with van der Waals surface area (Å²) in [6.07, 6.45) is 2.72.